The number of hydrogen-bond acceptors (Lipinski definition) is 2. The van der Waals surface area contributed by atoms with Crippen LogP contribution in [-0.4, -0.2) is 40.6 Å². The van der Waals surface area contributed by atoms with E-state index in [-0.39, 0.29) is 18.1 Å². The van der Waals surface area contributed by atoms with E-state index in [1.54, 1.807) is 29.2 Å². The number of amides is 2. The Morgan fingerprint density at radius 2 is 2.00 bits per heavy atom. The molecule has 1 aromatic carbocycles. The second kappa shape index (κ2) is 6.16. The molecule has 0 radical (unpaired) electrons. The number of nitrogens with zero attached hydrogens (tertiary/aromatic N) is 1. The van der Waals surface area contributed by atoms with Crippen molar-refractivity contribution in [2.45, 2.75) is 38.1 Å². The van der Waals surface area contributed by atoms with E-state index < -0.39 is 11.9 Å². The van der Waals surface area contributed by atoms with Crippen molar-refractivity contribution in [1.82, 2.24) is 10.2 Å². The zero-order valence-electron chi connectivity index (χ0n) is 12.5. The second-order valence-electron chi connectivity index (χ2n) is 6.06. The number of benzene rings is 1. The maximum absolute atomic E-state index is 12.2. The fraction of sp³-hybridized carbons (Fsp3) is 0.500. The minimum absolute atomic E-state index is 0.102. The van der Waals surface area contributed by atoms with E-state index in [2.05, 4.69) is 5.32 Å². The predicted molar refractivity (Wildman–Crippen MR) is 80.2 cm³/mol. The number of likely N-dealkylation sites (tertiary alicyclic amines) is 1. The van der Waals surface area contributed by atoms with Crippen LogP contribution >= 0.6 is 0 Å². The summed E-state index contributed by atoms with van der Waals surface area (Å²) in [6.07, 6.45) is 1.96. The highest BCUT2D eigenvalue weighted by molar-refractivity contribution is 5.79. The van der Waals surface area contributed by atoms with Crippen LogP contribution < -0.4 is 5.32 Å². The van der Waals surface area contributed by atoms with E-state index >= 15 is 0 Å². The summed E-state index contributed by atoms with van der Waals surface area (Å²) < 4.78 is 0. The largest absolute Gasteiger partial charge is 0.481 e. The number of urea groups is 1. The van der Waals surface area contributed by atoms with Crippen LogP contribution in [0.4, 0.5) is 4.79 Å². The Morgan fingerprint density at radius 3 is 2.52 bits per heavy atom. The van der Waals surface area contributed by atoms with E-state index in [9.17, 15) is 14.7 Å². The first-order valence-electron chi connectivity index (χ1n) is 7.25. The summed E-state index contributed by atoms with van der Waals surface area (Å²) in [5.41, 5.74) is 0.543. The summed E-state index contributed by atoms with van der Waals surface area (Å²) in [5, 5.41) is 12.1. The van der Waals surface area contributed by atoms with Gasteiger partial charge in [-0.05, 0) is 32.3 Å². The van der Waals surface area contributed by atoms with Crippen LogP contribution in [0.25, 0.3) is 0 Å². The normalized spacial score (nSPS) is 18.3. The average Bonchev–Trinajstić information content (AvgIpc) is 2.79. The fourth-order valence-electron chi connectivity index (χ4n) is 2.80. The van der Waals surface area contributed by atoms with Gasteiger partial charge < -0.3 is 15.3 Å². The molecule has 5 heteroatoms. The number of nitrogens with one attached hydrogen (secondary N) is 1. The summed E-state index contributed by atoms with van der Waals surface area (Å²) in [5.74, 6) is -1.65. The van der Waals surface area contributed by atoms with E-state index in [0.29, 0.717) is 5.56 Å². The third-order valence-corrected chi connectivity index (χ3v) is 4.10. The standard InChI is InChI=1S/C16H22N2O3/c1-16(2)9-6-10-18(16)15(21)17-11-13(14(19)20)12-7-4-3-5-8-12/h3-5,7-8,13H,6,9-11H2,1-2H3,(H,17,21)(H,19,20). The van der Waals surface area contributed by atoms with E-state index in [0.717, 1.165) is 19.4 Å². The molecular weight excluding hydrogens is 268 g/mol. The van der Waals surface area contributed by atoms with E-state index in [4.69, 9.17) is 0 Å². The van der Waals surface area contributed by atoms with Crippen LogP contribution in [0.2, 0.25) is 0 Å². The molecule has 1 fully saturated rings. The Balaban J connectivity index is 2.00. The first-order valence-corrected chi connectivity index (χ1v) is 7.25. The molecule has 2 N–H and O–H groups in total. The van der Waals surface area contributed by atoms with Gasteiger partial charge in [-0.15, -0.1) is 0 Å². The molecule has 1 saturated heterocycles. The summed E-state index contributed by atoms with van der Waals surface area (Å²) in [6.45, 7) is 4.89. The minimum Gasteiger partial charge on any atom is -0.481 e. The van der Waals surface area contributed by atoms with Gasteiger partial charge in [-0.3, -0.25) is 4.79 Å². The van der Waals surface area contributed by atoms with Gasteiger partial charge in [0, 0.05) is 18.6 Å². The van der Waals surface area contributed by atoms with Crippen LogP contribution in [-0.2, 0) is 4.79 Å². The van der Waals surface area contributed by atoms with Crippen molar-refractivity contribution in [1.29, 1.82) is 0 Å². The van der Waals surface area contributed by atoms with Crippen LogP contribution in [0, 0.1) is 0 Å². The summed E-state index contributed by atoms with van der Waals surface area (Å²) in [6, 6.07) is 8.80. The maximum Gasteiger partial charge on any atom is 0.317 e. The van der Waals surface area contributed by atoms with Crippen LogP contribution in [0.5, 0.6) is 0 Å². The third kappa shape index (κ3) is 3.54. The van der Waals surface area contributed by atoms with E-state index in [1.807, 2.05) is 19.9 Å². The third-order valence-electron chi connectivity index (χ3n) is 4.10. The Kier molecular flexibility index (Phi) is 4.50. The molecule has 1 unspecified atom stereocenters. The van der Waals surface area contributed by atoms with Crippen molar-refractivity contribution in [3.8, 4) is 0 Å². The molecule has 5 nitrogen and oxygen atoms in total. The van der Waals surface area contributed by atoms with Crippen molar-refractivity contribution >= 4 is 12.0 Å². The molecule has 1 aliphatic heterocycles. The average molecular weight is 290 g/mol. The van der Waals surface area contributed by atoms with Gasteiger partial charge in [-0.1, -0.05) is 30.3 Å². The lowest BCUT2D eigenvalue weighted by atomic mass is 9.99. The molecule has 0 aliphatic carbocycles. The number of carbonyl (C=O) groups excluding carboxylic acids is 1. The molecule has 114 valence electrons. The number of hydrogen-bond donors (Lipinski definition) is 2. The van der Waals surface area contributed by atoms with Gasteiger partial charge in [-0.2, -0.15) is 0 Å². The molecule has 1 atom stereocenters. The highest BCUT2D eigenvalue weighted by atomic mass is 16.4. The number of carboxylic acids is 1. The SMILES string of the molecule is CC1(C)CCCN1C(=O)NCC(C(=O)O)c1ccccc1. The molecule has 1 heterocycles. The lowest BCUT2D eigenvalue weighted by Crippen LogP contribution is -2.49. The number of carbonyl (C=O) groups is 2. The summed E-state index contributed by atoms with van der Waals surface area (Å²) in [7, 11) is 0. The second-order valence-corrected chi connectivity index (χ2v) is 6.06. The number of aliphatic carboxylic acids is 1. The Labute approximate surface area is 125 Å². The van der Waals surface area contributed by atoms with Crippen molar-refractivity contribution in [3.63, 3.8) is 0 Å². The Morgan fingerprint density at radius 1 is 1.33 bits per heavy atom. The number of rotatable bonds is 4. The first kappa shape index (κ1) is 15.4. The van der Waals surface area contributed by atoms with Gasteiger partial charge in [0.15, 0.2) is 0 Å². The lowest BCUT2D eigenvalue weighted by Gasteiger charge is -2.32. The lowest BCUT2D eigenvalue weighted by molar-refractivity contribution is -0.138. The van der Waals surface area contributed by atoms with Crippen LogP contribution in [0.3, 0.4) is 0 Å². The van der Waals surface area contributed by atoms with Crippen molar-refractivity contribution in [2.75, 3.05) is 13.1 Å². The van der Waals surface area contributed by atoms with Gasteiger partial charge in [0.1, 0.15) is 0 Å². The molecule has 0 spiro atoms. The monoisotopic (exact) mass is 290 g/mol. The van der Waals surface area contributed by atoms with Gasteiger partial charge in [-0.25, -0.2) is 4.79 Å². The van der Waals surface area contributed by atoms with Gasteiger partial charge in [0.2, 0.25) is 0 Å². The molecule has 1 aliphatic rings. The van der Waals surface area contributed by atoms with Crippen LogP contribution in [0.1, 0.15) is 38.2 Å². The molecule has 21 heavy (non-hydrogen) atoms. The van der Waals surface area contributed by atoms with Crippen molar-refractivity contribution < 1.29 is 14.7 Å². The molecular formula is C16H22N2O3. The van der Waals surface area contributed by atoms with Gasteiger partial charge in [0.05, 0.1) is 5.92 Å². The molecule has 0 bridgehead atoms. The summed E-state index contributed by atoms with van der Waals surface area (Å²) >= 11 is 0. The quantitative estimate of drug-likeness (QED) is 0.895. The molecule has 2 amide bonds. The minimum atomic E-state index is -0.929. The zero-order chi connectivity index (χ0) is 15.5. The molecule has 0 saturated carbocycles. The van der Waals surface area contributed by atoms with Crippen molar-refractivity contribution in [2.24, 2.45) is 0 Å². The fourth-order valence-corrected chi connectivity index (χ4v) is 2.80. The molecule has 1 aromatic rings. The first-order chi connectivity index (χ1) is 9.92. The van der Waals surface area contributed by atoms with Crippen LogP contribution in [0.15, 0.2) is 30.3 Å². The predicted octanol–water partition coefficient (Wildman–Crippen LogP) is 2.44. The molecule has 2 rings (SSSR count). The van der Waals surface area contributed by atoms with Crippen molar-refractivity contribution in [3.05, 3.63) is 35.9 Å². The smallest absolute Gasteiger partial charge is 0.317 e. The summed E-state index contributed by atoms with van der Waals surface area (Å²) in [4.78, 5) is 25.4. The topological polar surface area (TPSA) is 69.6 Å². The van der Waals surface area contributed by atoms with E-state index in [1.165, 1.54) is 0 Å². The Bertz CT molecular complexity index is 514. The maximum atomic E-state index is 12.2. The molecule has 0 aromatic heterocycles. The van der Waals surface area contributed by atoms with Gasteiger partial charge >= 0.3 is 12.0 Å². The zero-order valence-corrected chi connectivity index (χ0v) is 12.5. The highest BCUT2D eigenvalue weighted by Gasteiger charge is 2.35. The Hall–Kier alpha value is -2.04. The highest BCUT2D eigenvalue weighted by Crippen LogP contribution is 2.28. The number of carboxylic acid groups (broad SMARTS) is 1. The van der Waals surface area contributed by atoms with Gasteiger partial charge in [0.25, 0.3) is 0 Å².